The van der Waals surface area contributed by atoms with Crippen LogP contribution in [-0.4, -0.2) is 347 Å². The van der Waals surface area contributed by atoms with Crippen molar-refractivity contribution in [1.29, 1.82) is 0 Å². The van der Waals surface area contributed by atoms with Gasteiger partial charge in [0, 0.05) is 31.6 Å². The predicted molar refractivity (Wildman–Crippen MR) is 290 cm³/mol. The van der Waals surface area contributed by atoms with Gasteiger partial charge in [-0.3, -0.25) is 14.4 Å². The molecule has 20 N–H and O–H groups in total. The lowest BCUT2D eigenvalue weighted by molar-refractivity contribution is -0.375. The van der Waals surface area contributed by atoms with E-state index in [0.717, 1.165) is 0 Å². The lowest BCUT2D eigenvalue weighted by atomic mass is 9.72. The molecule has 4 aliphatic carbocycles. The fourth-order valence-corrected chi connectivity index (χ4v) is 15.0. The van der Waals surface area contributed by atoms with Crippen LogP contribution in [0.4, 0.5) is 0 Å². The molecule has 10 fully saturated rings. The summed E-state index contributed by atoms with van der Waals surface area (Å²) in [7, 11) is 0. The SMILES string of the molecule is O=C(CC(=O)O[C@H]1[C@H](OC2CC(O)C3C(=O)C(O[C@@H]4O[C@H](CO)[C@@H](O)[C@H](O)[C@H]4O[C@@H]4O[C@H](CO)[C@@H](O)[C@H](O)[C@H]4O)C(C4CCC(O)CC4)OC3C2)O[C@H](C(=O)O)[C@@H](O)[C@@H]1O)OC[C@H]1O[C@@H](OC2CC3C(O)CC(O)CC3[OH+]C2C2CCC(O)C(O)C2)[C@H](O)[C@@H](O)[C@@H]1O. The van der Waals surface area contributed by atoms with Gasteiger partial charge in [0.1, 0.15) is 111 Å². The Morgan fingerprint density at radius 3 is 1.74 bits per heavy atom. The highest BCUT2D eigenvalue weighted by molar-refractivity contribution is 5.91. The van der Waals surface area contributed by atoms with Gasteiger partial charge in [-0.2, -0.15) is 0 Å². The van der Waals surface area contributed by atoms with Crippen molar-refractivity contribution in [3.05, 3.63) is 0 Å². The third-order valence-electron chi connectivity index (χ3n) is 20.1. The largest absolute Gasteiger partial charge is 0.479 e. The molecular weight excluding hydrogens is 1240 g/mol. The van der Waals surface area contributed by atoms with E-state index < -0.39 is 276 Å². The first-order valence-corrected chi connectivity index (χ1v) is 31.5. The first-order valence-electron chi connectivity index (χ1n) is 31.5. The highest BCUT2D eigenvalue weighted by Gasteiger charge is 2.60. The Kier molecular flexibility index (Phi) is 23.7. The zero-order valence-corrected chi connectivity index (χ0v) is 49.7. The van der Waals surface area contributed by atoms with Gasteiger partial charge in [-0.05, 0) is 57.3 Å². The molecule has 4 saturated carbocycles. The number of carbonyl (C=O) groups excluding carboxylic acids is 3. The third kappa shape index (κ3) is 15.3. The Morgan fingerprint density at radius 1 is 0.489 bits per heavy atom. The van der Waals surface area contributed by atoms with Crippen LogP contribution in [0.1, 0.15) is 83.5 Å². The van der Waals surface area contributed by atoms with Crippen LogP contribution in [0.2, 0.25) is 0 Å². The van der Waals surface area contributed by atoms with E-state index in [0.29, 0.717) is 6.42 Å². The molecule has 6 heterocycles. The van der Waals surface area contributed by atoms with Gasteiger partial charge in [-0.15, -0.1) is 0 Å². The molecule has 526 valence electrons. The lowest BCUT2D eigenvalue weighted by Gasteiger charge is -2.51. The normalized spacial score (nSPS) is 51.0. The van der Waals surface area contributed by atoms with Crippen molar-refractivity contribution in [2.24, 2.45) is 23.7 Å². The van der Waals surface area contributed by atoms with Crippen molar-refractivity contribution >= 4 is 23.7 Å². The second kappa shape index (κ2) is 30.4. The number of carboxylic acid groups (broad SMARTS) is 1. The molecule has 92 heavy (non-hydrogen) atoms. The van der Waals surface area contributed by atoms with Crippen LogP contribution >= 0.6 is 0 Å². The number of rotatable bonds is 18. The van der Waals surface area contributed by atoms with Crippen molar-refractivity contribution in [3.8, 4) is 0 Å². The van der Waals surface area contributed by atoms with E-state index in [1.807, 2.05) is 0 Å². The second-order valence-electron chi connectivity index (χ2n) is 26.2. The summed E-state index contributed by atoms with van der Waals surface area (Å²) >= 11 is 0. The number of carbonyl (C=O) groups is 4. The zero-order chi connectivity index (χ0) is 66.5. The van der Waals surface area contributed by atoms with Crippen molar-refractivity contribution in [2.75, 3.05) is 19.8 Å². The molecule has 0 spiro atoms. The minimum Gasteiger partial charge on any atom is -0.479 e. The quantitative estimate of drug-likeness (QED) is 0.0344. The summed E-state index contributed by atoms with van der Waals surface area (Å²) in [4.78, 5) is 54.1. The van der Waals surface area contributed by atoms with E-state index >= 15 is 0 Å². The number of fused-ring (bicyclic) bond motifs is 2. The highest BCUT2D eigenvalue weighted by atomic mass is 16.8. The first kappa shape index (κ1) is 71.7. The average molecular weight is 1330 g/mol. The van der Waals surface area contributed by atoms with Gasteiger partial charge in [0.25, 0.3) is 0 Å². The molecule has 15 unspecified atom stereocenters. The molecule has 6 saturated heterocycles. The van der Waals surface area contributed by atoms with Crippen LogP contribution < -0.4 is 0 Å². The number of ketones is 1. The molecule has 0 aromatic rings. The van der Waals surface area contributed by atoms with Crippen LogP contribution in [0.5, 0.6) is 0 Å². The van der Waals surface area contributed by atoms with Gasteiger partial charge in [-0.1, -0.05) is 0 Å². The number of aliphatic carboxylic acids is 1. The summed E-state index contributed by atoms with van der Waals surface area (Å²) in [5, 5.41) is 204. The maximum absolute atomic E-state index is 14.9. The van der Waals surface area contributed by atoms with Gasteiger partial charge in [0.15, 0.2) is 55.4 Å². The number of esters is 2. The predicted octanol–water partition coefficient (Wildman–Crippen LogP) is -10.1. The molecule has 0 bridgehead atoms. The fourth-order valence-electron chi connectivity index (χ4n) is 15.0. The van der Waals surface area contributed by atoms with Crippen LogP contribution in [-0.2, 0) is 71.3 Å². The first-order chi connectivity index (χ1) is 43.7. The lowest BCUT2D eigenvalue weighted by Crippen LogP contribution is -2.67. The van der Waals surface area contributed by atoms with Gasteiger partial charge < -0.3 is 154 Å². The number of ether oxygens (including phenoxy) is 12. The monoisotopic (exact) mass is 1330 g/mol. The van der Waals surface area contributed by atoms with E-state index in [-0.39, 0.29) is 70.1 Å². The number of aliphatic hydroxyl groups excluding tert-OH is 18. The molecule has 35 atom stereocenters. The van der Waals surface area contributed by atoms with E-state index in [9.17, 15) is 116 Å². The molecule has 0 amide bonds. The summed E-state index contributed by atoms with van der Waals surface area (Å²) in [6, 6.07) is 0. The Morgan fingerprint density at radius 2 is 1.09 bits per heavy atom. The molecule has 35 nitrogen and oxygen atoms in total. The molecule has 10 aliphatic rings. The third-order valence-corrected chi connectivity index (χ3v) is 20.1. The van der Waals surface area contributed by atoms with E-state index in [4.69, 9.17) is 56.8 Å². The maximum atomic E-state index is 14.9. The Bertz CT molecular complexity index is 2460. The summed E-state index contributed by atoms with van der Waals surface area (Å²) < 4.78 is 69.4. The Hall–Kier alpha value is -3.04. The van der Waals surface area contributed by atoms with Crippen molar-refractivity contribution in [2.45, 2.75) is 286 Å². The fraction of sp³-hybridized carbons (Fsp3) is 0.930. The Labute approximate surface area is 524 Å². The number of Topliss-reactive ketones (excluding diaryl/α,β-unsaturated/α-hetero) is 1. The van der Waals surface area contributed by atoms with E-state index in [2.05, 4.69) is 0 Å². The highest BCUT2D eigenvalue weighted by Crippen LogP contribution is 2.46. The Balaban J connectivity index is 0.795. The van der Waals surface area contributed by atoms with Gasteiger partial charge in [-0.25, -0.2) is 4.79 Å². The van der Waals surface area contributed by atoms with E-state index in [1.165, 1.54) is 0 Å². The van der Waals surface area contributed by atoms with E-state index in [1.54, 1.807) is 0 Å². The van der Waals surface area contributed by atoms with Crippen LogP contribution in [0.3, 0.4) is 0 Å². The molecule has 0 aromatic carbocycles. The van der Waals surface area contributed by atoms with Crippen molar-refractivity contribution in [3.63, 3.8) is 0 Å². The summed E-state index contributed by atoms with van der Waals surface area (Å²) in [6.07, 6.45) is -52.8. The molecule has 10 rings (SSSR count). The maximum Gasteiger partial charge on any atom is 0.335 e. The van der Waals surface area contributed by atoms with Gasteiger partial charge >= 0.3 is 17.9 Å². The summed E-state index contributed by atoms with van der Waals surface area (Å²) in [6.45, 7) is -2.67. The minimum atomic E-state index is -2.30. The average Bonchev–Trinajstić information content (AvgIpc) is 0.901. The topological polar surface area (TPSA) is 567 Å². The number of aliphatic hydroxyl groups is 20. The second-order valence-corrected chi connectivity index (χ2v) is 26.2. The number of hydrogen-bond acceptors (Lipinski definition) is 33. The standard InChI is InChI=1S/C57H88O35/c58-14-30-36(68)40(72)46(78)55(86-30)92-52-42(74)37(69)31(15-59)87-57(52)90-49-39(71)35-26(65)10-21(11-28(35)84-48(49)17-1-4-19(60)5-2-17)82-56-51(44(76)43(75)50(91-56)53(79)80)89-34(67)13-33(66)81-16-32-38(70)41(73)45(77)54(88-32)85-29-12-22-24(63)8-20(61)9-27(22)83-47(29)18-3-6-23(62)25(64)7-18/h17-32,35-38,40-52,54-65,68-70,72-78H,1-16H2,(H,79,80)/p+1/t17?,18?,19?,20?,21?,22?,23?,24?,25?,26?,27?,28?,29?,30-,31-,32-,35?,36-,37-,38-,40+,41+,42+,43+,44+,45-,46-,47?,48?,49?,50+,51-,52-,54-,55+,56-,57+/m1/s1. The summed E-state index contributed by atoms with van der Waals surface area (Å²) in [5.41, 5.74) is 0. The van der Waals surface area contributed by atoms with Crippen LogP contribution in [0.15, 0.2) is 0 Å². The van der Waals surface area contributed by atoms with Crippen molar-refractivity contribution < 1.29 is 173 Å². The van der Waals surface area contributed by atoms with Crippen molar-refractivity contribution in [1.82, 2.24) is 0 Å². The van der Waals surface area contributed by atoms with Gasteiger partial charge in [0.05, 0.1) is 80.0 Å². The molecule has 35 heteroatoms. The zero-order valence-electron chi connectivity index (χ0n) is 49.7. The molecular formula is C57H89O35+. The molecule has 0 aromatic heterocycles. The van der Waals surface area contributed by atoms with Crippen LogP contribution in [0, 0.1) is 23.7 Å². The summed E-state index contributed by atoms with van der Waals surface area (Å²) in [5.74, 6) is -8.38. The number of hydrogen-bond donors (Lipinski definition) is 19. The smallest absolute Gasteiger partial charge is 0.335 e. The number of carboxylic acids is 1. The van der Waals surface area contributed by atoms with Crippen LogP contribution in [0.25, 0.3) is 0 Å². The minimum absolute atomic E-state index is 0.0645. The van der Waals surface area contributed by atoms with Gasteiger partial charge in [0.2, 0.25) is 0 Å². The molecule has 6 aliphatic heterocycles. The molecule has 0 radical (unpaired) electrons.